The van der Waals surface area contributed by atoms with Gasteiger partial charge in [-0.25, -0.2) is 4.79 Å². The smallest absolute Gasteiger partial charge is 0.406 e. The van der Waals surface area contributed by atoms with Gasteiger partial charge in [-0.3, -0.25) is 10.1 Å². The Balaban J connectivity index is 2.06. The first-order chi connectivity index (χ1) is 11.3. The third-order valence-corrected chi connectivity index (χ3v) is 3.42. The number of fused-ring (bicyclic) bond motifs is 1. The van der Waals surface area contributed by atoms with Crippen molar-refractivity contribution in [2.24, 2.45) is 0 Å². The number of ether oxygens (including phenoxy) is 1. The highest BCUT2D eigenvalue weighted by Gasteiger charge is 2.31. The van der Waals surface area contributed by atoms with E-state index < -0.39 is 18.3 Å². The summed E-state index contributed by atoms with van der Waals surface area (Å²) in [4.78, 5) is 24.9. The number of halogens is 3. The average Bonchev–Trinajstić information content (AvgIpc) is 2.45. The molecule has 0 aromatic heterocycles. The number of rotatable bonds is 4. The lowest BCUT2D eigenvalue weighted by atomic mass is 10.0. The quantitative estimate of drug-likeness (QED) is 0.878. The second-order valence-corrected chi connectivity index (χ2v) is 5.27. The Hall–Kier alpha value is -2.45. The van der Waals surface area contributed by atoms with Gasteiger partial charge in [0.1, 0.15) is 5.75 Å². The van der Waals surface area contributed by atoms with Crippen molar-refractivity contribution < 1.29 is 27.5 Å². The SMILES string of the molecule is CCNC(=O)NC(=O)CN1CCCc2cc(OC(F)(F)F)ccc21. The molecule has 0 saturated heterocycles. The van der Waals surface area contributed by atoms with Crippen LogP contribution in [0.15, 0.2) is 18.2 Å². The van der Waals surface area contributed by atoms with Crippen LogP contribution in [0.4, 0.5) is 23.7 Å². The fourth-order valence-electron chi connectivity index (χ4n) is 2.56. The fourth-order valence-corrected chi connectivity index (χ4v) is 2.56. The van der Waals surface area contributed by atoms with Crippen LogP contribution in [0.1, 0.15) is 18.9 Å². The maximum absolute atomic E-state index is 12.3. The topological polar surface area (TPSA) is 70.7 Å². The van der Waals surface area contributed by atoms with Crippen LogP contribution in [0, 0.1) is 0 Å². The molecule has 1 heterocycles. The van der Waals surface area contributed by atoms with Crippen molar-refractivity contribution in [3.8, 4) is 5.75 Å². The van der Waals surface area contributed by atoms with Gasteiger partial charge < -0.3 is 15.0 Å². The van der Waals surface area contributed by atoms with E-state index in [4.69, 9.17) is 0 Å². The number of carbonyl (C=O) groups is 2. The summed E-state index contributed by atoms with van der Waals surface area (Å²) in [6, 6.07) is 3.46. The first kappa shape index (κ1) is 17.9. The summed E-state index contributed by atoms with van der Waals surface area (Å²) in [6.07, 6.45) is -3.45. The molecule has 1 aliphatic rings. The molecule has 0 bridgehead atoms. The zero-order chi connectivity index (χ0) is 17.7. The summed E-state index contributed by atoms with van der Waals surface area (Å²) in [5.74, 6) is -0.765. The molecule has 1 aromatic carbocycles. The van der Waals surface area contributed by atoms with E-state index in [9.17, 15) is 22.8 Å². The molecule has 2 N–H and O–H groups in total. The van der Waals surface area contributed by atoms with Crippen LogP contribution in [-0.4, -0.2) is 37.9 Å². The Morgan fingerprint density at radius 2 is 2.08 bits per heavy atom. The summed E-state index contributed by atoms with van der Waals surface area (Å²) in [7, 11) is 0. The summed E-state index contributed by atoms with van der Waals surface area (Å²) >= 11 is 0. The van der Waals surface area contributed by atoms with Crippen molar-refractivity contribution in [3.05, 3.63) is 23.8 Å². The number of benzene rings is 1. The van der Waals surface area contributed by atoms with Crippen molar-refractivity contribution in [1.29, 1.82) is 0 Å². The Kier molecular flexibility index (Phi) is 5.53. The number of hydrogen-bond donors (Lipinski definition) is 2. The molecule has 0 fully saturated rings. The average molecular weight is 345 g/mol. The molecule has 1 aliphatic heterocycles. The minimum atomic E-state index is -4.74. The minimum Gasteiger partial charge on any atom is -0.406 e. The second kappa shape index (κ2) is 7.41. The van der Waals surface area contributed by atoms with Crippen LogP contribution in [0.3, 0.4) is 0 Å². The summed E-state index contributed by atoms with van der Waals surface area (Å²) in [6.45, 7) is 2.65. The highest BCUT2D eigenvalue weighted by atomic mass is 19.4. The zero-order valence-corrected chi connectivity index (χ0v) is 13.1. The zero-order valence-electron chi connectivity index (χ0n) is 13.1. The van der Waals surface area contributed by atoms with Crippen molar-refractivity contribution >= 4 is 17.6 Å². The lowest BCUT2D eigenvalue weighted by Crippen LogP contribution is -2.45. The van der Waals surface area contributed by atoms with E-state index in [2.05, 4.69) is 15.4 Å². The number of alkyl halides is 3. The van der Waals surface area contributed by atoms with Crippen molar-refractivity contribution in [1.82, 2.24) is 10.6 Å². The van der Waals surface area contributed by atoms with Gasteiger partial charge >= 0.3 is 12.4 Å². The first-order valence-corrected chi connectivity index (χ1v) is 7.50. The predicted molar refractivity (Wildman–Crippen MR) is 80.9 cm³/mol. The van der Waals surface area contributed by atoms with Crippen LogP contribution in [0.2, 0.25) is 0 Å². The summed E-state index contributed by atoms with van der Waals surface area (Å²) in [5, 5.41) is 4.65. The molecule has 9 heteroatoms. The number of urea groups is 1. The number of nitrogens with one attached hydrogen (secondary N) is 2. The fraction of sp³-hybridized carbons (Fsp3) is 0.467. The molecule has 0 unspecified atom stereocenters. The third-order valence-electron chi connectivity index (χ3n) is 3.42. The molecule has 24 heavy (non-hydrogen) atoms. The molecule has 0 radical (unpaired) electrons. The highest BCUT2D eigenvalue weighted by molar-refractivity contribution is 5.96. The van der Waals surface area contributed by atoms with E-state index in [1.54, 1.807) is 11.8 Å². The van der Waals surface area contributed by atoms with Crippen molar-refractivity contribution in [2.45, 2.75) is 26.1 Å². The Morgan fingerprint density at radius 1 is 1.33 bits per heavy atom. The predicted octanol–water partition coefficient (Wildman–Crippen LogP) is 2.18. The third kappa shape index (κ3) is 5.04. The molecular weight excluding hydrogens is 327 g/mol. The molecular formula is C15H18F3N3O3. The van der Waals surface area contributed by atoms with E-state index in [1.165, 1.54) is 18.2 Å². The van der Waals surface area contributed by atoms with Gasteiger partial charge in [-0.15, -0.1) is 13.2 Å². The van der Waals surface area contributed by atoms with Crippen molar-refractivity contribution in [3.63, 3.8) is 0 Å². The molecule has 1 aromatic rings. The van der Waals surface area contributed by atoms with E-state index in [-0.39, 0.29) is 12.3 Å². The van der Waals surface area contributed by atoms with Gasteiger partial charge in [0.15, 0.2) is 0 Å². The van der Waals surface area contributed by atoms with Crippen LogP contribution in [0.5, 0.6) is 5.75 Å². The van der Waals surface area contributed by atoms with E-state index >= 15 is 0 Å². The molecule has 132 valence electrons. The van der Waals surface area contributed by atoms with Gasteiger partial charge in [0.2, 0.25) is 5.91 Å². The van der Waals surface area contributed by atoms with E-state index in [1.807, 2.05) is 0 Å². The molecule has 2 rings (SSSR count). The van der Waals surface area contributed by atoms with E-state index in [0.717, 1.165) is 0 Å². The Bertz CT molecular complexity index is 620. The maximum Gasteiger partial charge on any atom is 0.573 e. The van der Waals surface area contributed by atoms with Gasteiger partial charge in [0, 0.05) is 18.8 Å². The number of nitrogens with zero attached hydrogens (tertiary/aromatic N) is 1. The molecule has 6 nitrogen and oxygen atoms in total. The lowest BCUT2D eigenvalue weighted by Gasteiger charge is -2.31. The maximum atomic E-state index is 12.3. The number of aryl methyl sites for hydroxylation is 1. The van der Waals surface area contributed by atoms with Crippen molar-refractivity contribution in [2.75, 3.05) is 24.5 Å². The van der Waals surface area contributed by atoms with Crippen LogP contribution >= 0.6 is 0 Å². The summed E-state index contributed by atoms with van der Waals surface area (Å²) in [5.41, 5.74) is 1.34. The molecule has 0 atom stereocenters. The summed E-state index contributed by atoms with van der Waals surface area (Å²) < 4.78 is 40.8. The number of anilines is 1. The minimum absolute atomic E-state index is 0.0520. The highest BCUT2D eigenvalue weighted by Crippen LogP contribution is 2.32. The molecule has 0 saturated carbocycles. The first-order valence-electron chi connectivity index (χ1n) is 7.50. The van der Waals surface area contributed by atoms with Gasteiger partial charge in [0.05, 0.1) is 6.54 Å². The molecule has 0 aliphatic carbocycles. The van der Waals surface area contributed by atoms with Gasteiger partial charge in [-0.05, 0) is 43.5 Å². The van der Waals surface area contributed by atoms with Gasteiger partial charge in [-0.1, -0.05) is 0 Å². The van der Waals surface area contributed by atoms with Gasteiger partial charge in [0.25, 0.3) is 0 Å². The number of hydrogen-bond acceptors (Lipinski definition) is 4. The van der Waals surface area contributed by atoms with Crippen LogP contribution in [0.25, 0.3) is 0 Å². The molecule has 0 spiro atoms. The normalized spacial score (nSPS) is 13.9. The molecule has 3 amide bonds. The monoisotopic (exact) mass is 345 g/mol. The number of amides is 3. The van der Waals surface area contributed by atoms with Crippen LogP contribution in [-0.2, 0) is 11.2 Å². The largest absolute Gasteiger partial charge is 0.573 e. The number of carbonyl (C=O) groups excluding carboxylic acids is 2. The van der Waals surface area contributed by atoms with Crippen LogP contribution < -0.4 is 20.3 Å². The Labute approximate surface area is 137 Å². The standard InChI is InChI=1S/C15H18F3N3O3/c1-2-19-14(23)20-13(22)9-21-7-3-4-10-8-11(5-6-12(10)21)24-15(16,17)18/h5-6,8H,2-4,7,9H2,1H3,(H2,19,20,22,23). The van der Waals surface area contributed by atoms with Gasteiger partial charge in [-0.2, -0.15) is 0 Å². The number of imide groups is 1. The second-order valence-electron chi connectivity index (χ2n) is 5.27. The lowest BCUT2D eigenvalue weighted by molar-refractivity contribution is -0.274. The van der Waals surface area contributed by atoms with E-state index in [0.29, 0.717) is 37.2 Å². The Morgan fingerprint density at radius 3 is 2.75 bits per heavy atom.